The minimum Gasteiger partial charge on any atom is -0.492 e. The molecular weight excluding hydrogens is 462 g/mol. The third-order valence-electron chi connectivity index (χ3n) is 6.84. The zero-order valence-corrected chi connectivity index (χ0v) is 20.4. The van der Waals surface area contributed by atoms with Gasteiger partial charge in [-0.3, -0.25) is 9.69 Å². The van der Waals surface area contributed by atoms with Gasteiger partial charge in [-0.1, -0.05) is 30.3 Å². The predicted molar refractivity (Wildman–Crippen MR) is 129 cm³/mol. The van der Waals surface area contributed by atoms with Gasteiger partial charge in [0.1, 0.15) is 5.75 Å². The van der Waals surface area contributed by atoms with E-state index in [1.807, 2.05) is 6.07 Å². The maximum absolute atomic E-state index is 12.6. The quantitative estimate of drug-likeness (QED) is 0.672. The molecule has 2 aromatic rings. The normalized spacial score (nSPS) is 19.0. The Morgan fingerprint density at radius 1 is 1.06 bits per heavy atom. The summed E-state index contributed by atoms with van der Waals surface area (Å²) in [6.07, 6.45) is 2.80. The molecule has 0 unspecified atom stereocenters. The van der Waals surface area contributed by atoms with Gasteiger partial charge < -0.3 is 10.1 Å². The Bertz CT molecular complexity index is 1120. The number of nitrogens with one attached hydrogen (secondary N) is 1. The molecule has 1 N–H and O–H groups in total. The second kappa shape index (κ2) is 9.62. The van der Waals surface area contributed by atoms with Gasteiger partial charge in [-0.15, -0.1) is 12.4 Å². The Balaban J connectivity index is 0.00000259. The van der Waals surface area contributed by atoms with Crippen LogP contribution in [-0.2, 0) is 36.2 Å². The molecule has 0 aromatic heterocycles. The minimum absolute atomic E-state index is 0. The van der Waals surface area contributed by atoms with Crippen molar-refractivity contribution in [1.82, 2.24) is 14.5 Å². The summed E-state index contributed by atoms with van der Waals surface area (Å²) in [7, 11) is -3.13. The smallest absolute Gasteiger partial charge is 0.255 e. The van der Waals surface area contributed by atoms with Crippen LogP contribution in [0.5, 0.6) is 5.75 Å². The topological polar surface area (TPSA) is 79.0 Å². The Hall–Kier alpha value is -2.13. The summed E-state index contributed by atoms with van der Waals surface area (Å²) in [4.78, 5) is 15.0. The fraction of sp³-hybridized carbons (Fsp3) is 0.458. The van der Waals surface area contributed by atoms with E-state index in [1.165, 1.54) is 27.3 Å². The molecule has 2 aromatic carbocycles. The van der Waals surface area contributed by atoms with E-state index >= 15 is 0 Å². The predicted octanol–water partition coefficient (Wildman–Crippen LogP) is 2.92. The van der Waals surface area contributed by atoms with Gasteiger partial charge in [-0.25, -0.2) is 12.7 Å². The van der Waals surface area contributed by atoms with Crippen LogP contribution < -0.4 is 10.1 Å². The molecule has 0 saturated carbocycles. The maximum atomic E-state index is 12.6. The van der Waals surface area contributed by atoms with Gasteiger partial charge >= 0.3 is 0 Å². The molecule has 0 atom stereocenters. The monoisotopic (exact) mass is 491 g/mol. The lowest BCUT2D eigenvalue weighted by Crippen LogP contribution is -2.39. The highest BCUT2D eigenvalue weighted by molar-refractivity contribution is 7.88. The van der Waals surface area contributed by atoms with E-state index in [0.29, 0.717) is 37.6 Å². The highest BCUT2D eigenvalue weighted by Gasteiger charge is 2.29. The summed E-state index contributed by atoms with van der Waals surface area (Å²) >= 11 is 0. The van der Waals surface area contributed by atoms with E-state index < -0.39 is 10.0 Å². The van der Waals surface area contributed by atoms with Crippen molar-refractivity contribution in [3.05, 3.63) is 64.2 Å². The number of sulfonamides is 1. The van der Waals surface area contributed by atoms with Crippen LogP contribution in [0.1, 0.15) is 45.5 Å². The van der Waals surface area contributed by atoms with E-state index in [0.717, 1.165) is 38.0 Å². The number of hydrogen-bond donors (Lipinski definition) is 1. The number of nitrogens with zero attached hydrogens (tertiary/aromatic N) is 2. The van der Waals surface area contributed by atoms with Crippen LogP contribution >= 0.6 is 12.4 Å². The zero-order chi connectivity index (χ0) is 22.3. The van der Waals surface area contributed by atoms with Gasteiger partial charge in [0.25, 0.3) is 5.91 Å². The van der Waals surface area contributed by atoms with E-state index in [9.17, 15) is 13.2 Å². The summed E-state index contributed by atoms with van der Waals surface area (Å²) in [6.45, 7) is 4.75. The van der Waals surface area contributed by atoms with Gasteiger partial charge in [0.15, 0.2) is 0 Å². The zero-order valence-electron chi connectivity index (χ0n) is 18.7. The van der Waals surface area contributed by atoms with Crippen LogP contribution in [0.15, 0.2) is 36.4 Å². The number of benzene rings is 2. The Labute approximate surface area is 201 Å². The van der Waals surface area contributed by atoms with Crippen molar-refractivity contribution in [2.75, 3.05) is 26.0 Å². The Morgan fingerprint density at radius 3 is 2.36 bits per heavy atom. The lowest BCUT2D eigenvalue weighted by molar-refractivity contribution is 0.0960. The first-order valence-corrected chi connectivity index (χ1v) is 13.0. The van der Waals surface area contributed by atoms with Crippen molar-refractivity contribution < 1.29 is 17.9 Å². The van der Waals surface area contributed by atoms with Crippen LogP contribution in [-0.4, -0.2) is 49.5 Å². The van der Waals surface area contributed by atoms with Crippen LogP contribution in [0.2, 0.25) is 0 Å². The molecule has 0 spiro atoms. The molecule has 33 heavy (non-hydrogen) atoms. The molecule has 5 rings (SSSR count). The summed E-state index contributed by atoms with van der Waals surface area (Å²) in [5.41, 5.74) is 5.61. The number of amides is 1. The van der Waals surface area contributed by atoms with Gasteiger partial charge in [0.05, 0.1) is 18.4 Å². The van der Waals surface area contributed by atoms with Crippen LogP contribution in [0.4, 0.5) is 0 Å². The maximum Gasteiger partial charge on any atom is 0.255 e. The largest absolute Gasteiger partial charge is 0.492 e. The van der Waals surface area contributed by atoms with Crippen molar-refractivity contribution in [3.8, 4) is 5.75 Å². The van der Waals surface area contributed by atoms with E-state index in [1.54, 1.807) is 0 Å². The molecular formula is C24H30ClN3O4S. The minimum atomic E-state index is -3.13. The van der Waals surface area contributed by atoms with Crippen molar-refractivity contribution in [1.29, 1.82) is 0 Å². The summed E-state index contributed by atoms with van der Waals surface area (Å²) < 4.78 is 31.0. The number of halogens is 1. The summed E-state index contributed by atoms with van der Waals surface area (Å²) in [6, 6.07) is 12.5. The average molecular weight is 492 g/mol. The lowest BCUT2D eigenvalue weighted by Gasteiger charge is -2.30. The molecule has 3 heterocycles. The second-order valence-corrected chi connectivity index (χ2v) is 11.1. The van der Waals surface area contributed by atoms with E-state index in [2.05, 4.69) is 40.5 Å². The van der Waals surface area contributed by atoms with E-state index in [-0.39, 0.29) is 24.2 Å². The number of carbonyl (C=O) groups is 1. The van der Waals surface area contributed by atoms with Gasteiger partial charge in [-0.05, 0) is 47.1 Å². The molecule has 7 nitrogen and oxygen atoms in total. The van der Waals surface area contributed by atoms with Gasteiger partial charge in [0, 0.05) is 39.3 Å². The van der Waals surface area contributed by atoms with Crippen molar-refractivity contribution in [2.24, 2.45) is 5.92 Å². The number of carbonyl (C=O) groups excluding carboxylic acids is 1. The van der Waals surface area contributed by atoms with Crippen LogP contribution in [0.3, 0.4) is 0 Å². The molecule has 1 fully saturated rings. The number of fused-ring (bicyclic) bond motifs is 2. The molecule has 9 heteroatoms. The second-order valence-electron chi connectivity index (χ2n) is 9.09. The third kappa shape index (κ3) is 5.04. The number of piperidine rings is 1. The molecule has 3 aliphatic heterocycles. The molecule has 0 bridgehead atoms. The molecule has 178 valence electrons. The SMILES string of the molecule is CS(=O)(=O)N1CCC(COc2ccc(CN3Cc4ccccc4C3)c3c2C(=O)NC3)CC1.Cl. The molecule has 1 saturated heterocycles. The number of hydrogen-bond acceptors (Lipinski definition) is 5. The first-order chi connectivity index (χ1) is 15.4. The number of ether oxygens (including phenoxy) is 1. The van der Waals surface area contributed by atoms with E-state index in [4.69, 9.17) is 4.74 Å². The first kappa shape index (κ1) is 24.0. The van der Waals surface area contributed by atoms with Gasteiger partial charge in [0.2, 0.25) is 10.0 Å². The van der Waals surface area contributed by atoms with Crippen molar-refractivity contribution >= 4 is 28.3 Å². The summed E-state index contributed by atoms with van der Waals surface area (Å²) in [5.74, 6) is 0.846. The van der Waals surface area contributed by atoms with Crippen LogP contribution in [0, 0.1) is 5.92 Å². The lowest BCUT2D eigenvalue weighted by atomic mass is 9.99. The number of rotatable bonds is 6. The highest BCUT2D eigenvalue weighted by Crippen LogP contribution is 2.33. The molecule has 3 aliphatic rings. The highest BCUT2D eigenvalue weighted by atomic mass is 35.5. The third-order valence-corrected chi connectivity index (χ3v) is 8.14. The van der Waals surface area contributed by atoms with Crippen molar-refractivity contribution in [3.63, 3.8) is 0 Å². The van der Waals surface area contributed by atoms with Crippen LogP contribution in [0.25, 0.3) is 0 Å². The van der Waals surface area contributed by atoms with Crippen molar-refractivity contribution in [2.45, 2.75) is 39.0 Å². The molecule has 0 aliphatic carbocycles. The fourth-order valence-corrected chi connectivity index (χ4v) is 5.89. The Kier molecular flexibility index (Phi) is 7.00. The Morgan fingerprint density at radius 2 is 1.73 bits per heavy atom. The first-order valence-electron chi connectivity index (χ1n) is 11.2. The summed E-state index contributed by atoms with van der Waals surface area (Å²) in [5, 5.41) is 2.96. The molecule has 1 amide bonds. The standard InChI is InChI=1S/C24H29N3O4S.ClH/c1-32(29,30)27-10-8-17(9-11-27)16-31-22-7-6-20(21-12-25-24(28)23(21)22)15-26-13-18-4-2-3-5-19(18)14-26;/h2-7,17H,8-16H2,1H3,(H,25,28);1H. The fourth-order valence-electron chi connectivity index (χ4n) is 5.02. The van der Waals surface area contributed by atoms with Gasteiger partial charge in [-0.2, -0.15) is 0 Å². The average Bonchev–Trinajstić information content (AvgIpc) is 3.36. The molecule has 0 radical (unpaired) electrons.